The number of carbonyl (C=O) groups excluding carboxylic acids is 15. The summed E-state index contributed by atoms with van der Waals surface area (Å²) >= 11 is 1.29. The number of nitrogens with one attached hydrogen (secondary N) is 13. The monoisotopic (exact) mass is 1640 g/mol. The SMILES string of the molecule is CSCC[C@H](NC(=O)[C@H](Cc1ccccc1)NC(=O)CN)C(=O)N[C@H](C(=O)N[C@@H](CO)C(=O)N[C@@H](CCC(=O)O)C(=O)N[C@@H](CCCCN)C(=O)N[C@@H](CO)C(=O)N[C@@H](CCC(N)=O)C(=O)N[C@H](C(=O)N1CCC[C@H]1C(=O)N[C@@H](CC(C)C)C(=O)N[C@H](C(=O)N[C@H](C(=O)N[C@@H](CC(C)C)C(=O)O)[C@@H](C)O)C(C)C)[C@@H](C)O)[C@@H](C)O. The Morgan fingerprint density at radius 3 is 1.32 bits per heavy atom. The Kier molecular flexibility index (Phi) is 45.1. The molecule has 1 aliphatic heterocycles. The van der Waals surface area contributed by atoms with Gasteiger partial charge in [-0.3, -0.25) is 76.7 Å². The van der Waals surface area contributed by atoms with Crippen molar-refractivity contribution in [2.45, 2.75) is 249 Å². The lowest BCUT2D eigenvalue weighted by Gasteiger charge is -2.32. The number of aliphatic hydroxyl groups is 5. The molecule has 1 aromatic carbocycles. The van der Waals surface area contributed by atoms with Crippen LogP contribution in [0.15, 0.2) is 30.3 Å². The lowest BCUT2D eigenvalue weighted by atomic mass is 9.98. The summed E-state index contributed by atoms with van der Waals surface area (Å²) in [4.78, 5) is 232. The molecule has 0 spiro atoms. The summed E-state index contributed by atoms with van der Waals surface area (Å²) < 4.78 is 0. The third-order valence-electron chi connectivity index (χ3n) is 18.1. The zero-order valence-electron chi connectivity index (χ0n) is 66.0. The first kappa shape index (κ1) is 100. The average molecular weight is 1640 g/mol. The van der Waals surface area contributed by atoms with Crippen molar-refractivity contribution in [1.29, 1.82) is 0 Å². The Balaban J connectivity index is 2.40. The van der Waals surface area contributed by atoms with Gasteiger partial charge in [-0.05, 0) is 127 Å². The number of amides is 15. The molecule has 0 aliphatic carbocycles. The van der Waals surface area contributed by atoms with Gasteiger partial charge in [-0.1, -0.05) is 71.9 Å². The second-order valence-corrected chi connectivity index (χ2v) is 30.1. The number of aliphatic carboxylic acids is 2. The number of nitrogens with two attached hydrogens (primary N) is 3. The fraction of sp³-hybridized carbons (Fsp3) is 0.681. The number of primary amides is 1. The van der Waals surface area contributed by atoms with E-state index in [1.54, 1.807) is 78.1 Å². The standard InChI is InChI=1S/C72H119N17O24S/c1-35(2)29-46(64(104)85-55(37(5)6)68(108)87-57(39(8)93)69(109)82-48(72(112)113)30-36(3)4)81-67(107)51-20-16-27-89(51)71(111)58(40(9)94)88-61(101)43(21-23-52(75)95)78-65(105)49(33-90)83-59(99)42(19-14-15-26-73)77-60(100)44(22-24-54(97)98)79-66(106)50(34-91)84-70(110)56(38(7)92)86-62(102)45(25-28-114-10)80-63(103)47(76-53(96)32-74)31-41-17-12-11-13-18-41/h11-13,17-18,35-40,42-51,55-58,90-94H,14-16,19-34,73-74H2,1-10H3,(H2,75,95)(H,76,96)(H,77,100)(H,78,105)(H,79,106)(H,80,103)(H,81,107)(H,82,109)(H,83,99)(H,84,110)(H,85,104)(H,86,102)(H,87,108)(H,88,101)(H,97,98)(H,112,113)/t38-,39-,40-,42+,43+,44+,45+,46+,47+,48+,49+,50+,51+,55+,56+,57+,58+/m1/s1. The molecule has 0 bridgehead atoms. The predicted molar refractivity (Wildman–Crippen MR) is 411 cm³/mol. The summed E-state index contributed by atoms with van der Waals surface area (Å²) in [6.07, 6.45) is -5.90. The summed E-state index contributed by atoms with van der Waals surface area (Å²) in [7, 11) is 0. The smallest absolute Gasteiger partial charge is 0.326 e. The molecule has 0 unspecified atom stereocenters. The molecule has 0 radical (unpaired) electrons. The highest BCUT2D eigenvalue weighted by Gasteiger charge is 2.44. The summed E-state index contributed by atoms with van der Waals surface area (Å²) in [5, 5.41) is 104. The minimum absolute atomic E-state index is 0.00516. The van der Waals surface area contributed by atoms with Crippen molar-refractivity contribution in [3.8, 4) is 0 Å². The van der Waals surface area contributed by atoms with E-state index >= 15 is 0 Å². The number of aliphatic hydroxyl groups excluding tert-OH is 5. The van der Waals surface area contributed by atoms with E-state index in [1.165, 1.54) is 18.7 Å². The summed E-state index contributed by atoms with van der Waals surface area (Å²) in [6.45, 7) is 10.4. The number of carboxylic acid groups (broad SMARTS) is 2. The van der Waals surface area contributed by atoms with Gasteiger partial charge in [0.05, 0.1) is 38.1 Å². The number of thioether (sulfide) groups is 1. The molecule has 1 saturated heterocycles. The fourth-order valence-corrected chi connectivity index (χ4v) is 12.3. The van der Waals surface area contributed by atoms with Gasteiger partial charge in [0.1, 0.15) is 84.6 Å². The molecule has 1 aromatic rings. The largest absolute Gasteiger partial charge is 0.481 e. The van der Waals surface area contributed by atoms with Gasteiger partial charge in [0.15, 0.2) is 0 Å². The van der Waals surface area contributed by atoms with Crippen molar-refractivity contribution >= 4 is 112 Å². The van der Waals surface area contributed by atoms with Gasteiger partial charge in [0.25, 0.3) is 0 Å². The van der Waals surface area contributed by atoms with E-state index in [4.69, 9.17) is 17.2 Å². The van der Waals surface area contributed by atoms with E-state index in [0.717, 1.165) is 18.7 Å². The first-order valence-corrected chi connectivity index (χ1v) is 39.1. The molecule has 17 atom stereocenters. The van der Waals surface area contributed by atoms with Gasteiger partial charge in [0, 0.05) is 25.8 Å². The van der Waals surface area contributed by atoms with Crippen molar-refractivity contribution in [3.63, 3.8) is 0 Å². The van der Waals surface area contributed by atoms with Crippen LogP contribution in [0, 0.1) is 17.8 Å². The highest BCUT2D eigenvalue weighted by molar-refractivity contribution is 7.98. The zero-order valence-corrected chi connectivity index (χ0v) is 66.8. The molecule has 0 saturated carbocycles. The van der Waals surface area contributed by atoms with Crippen molar-refractivity contribution in [2.24, 2.45) is 35.0 Å². The average Bonchev–Trinajstić information content (AvgIpc) is 1.62. The lowest BCUT2D eigenvalue weighted by Crippen LogP contribution is -2.63. The van der Waals surface area contributed by atoms with Crippen molar-refractivity contribution in [2.75, 3.05) is 44.9 Å². The number of benzene rings is 1. The van der Waals surface area contributed by atoms with E-state index in [0.29, 0.717) is 5.56 Å². The summed E-state index contributed by atoms with van der Waals surface area (Å²) in [6, 6.07) is -14.5. The molecule has 0 aromatic heterocycles. The summed E-state index contributed by atoms with van der Waals surface area (Å²) in [5.74, 6) is -19.5. The molecule has 1 fully saturated rings. The number of rotatable bonds is 53. The van der Waals surface area contributed by atoms with Crippen LogP contribution in [-0.2, 0) is 87.9 Å². The van der Waals surface area contributed by atoms with Gasteiger partial charge < -0.3 is 127 Å². The van der Waals surface area contributed by atoms with E-state index in [1.807, 2.05) is 0 Å². The highest BCUT2D eigenvalue weighted by Crippen LogP contribution is 2.22. The molecule has 41 nitrogen and oxygen atoms in total. The Hall–Kier alpha value is -9.72. The number of likely N-dealkylation sites (tertiary alicyclic amines) is 1. The van der Waals surface area contributed by atoms with Crippen LogP contribution in [0.25, 0.3) is 0 Å². The fourth-order valence-electron chi connectivity index (χ4n) is 11.8. The van der Waals surface area contributed by atoms with Gasteiger partial charge in [-0.25, -0.2) is 4.79 Å². The van der Waals surface area contributed by atoms with Gasteiger partial charge >= 0.3 is 11.9 Å². The maximum absolute atomic E-state index is 14.5. The minimum Gasteiger partial charge on any atom is -0.481 e. The van der Waals surface area contributed by atoms with Crippen LogP contribution in [0.4, 0.5) is 0 Å². The van der Waals surface area contributed by atoms with Crippen LogP contribution < -0.4 is 86.3 Å². The first-order valence-electron chi connectivity index (χ1n) is 37.7. The number of hydrogen-bond donors (Lipinski definition) is 23. The molecule has 1 heterocycles. The summed E-state index contributed by atoms with van der Waals surface area (Å²) in [5.41, 5.74) is 17.3. The van der Waals surface area contributed by atoms with Gasteiger partial charge in [0.2, 0.25) is 88.6 Å². The Morgan fingerprint density at radius 2 is 0.868 bits per heavy atom. The van der Waals surface area contributed by atoms with Crippen LogP contribution in [0.2, 0.25) is 0 Å². The first-order chi connectivity index (χ1) is 53.5. The Bertz CT molecular complexity index is 3410. The number of carbonyl (C=O) groups is 17. The molecule has 114 heavy (non-hydrogen) atoms. The van der Waals surface area contributed by atoms with Crippen molar-refractivity contribution in [3.05, 3.63) is 35.9 Å². The Morgan fingerprint density at radius 1 is 0.465 bits per heavy atom. The van der Waals surface area contributed by atoms with Crippen LogP contribution in [0.3, 0.4) is 0 Å². The van der Waals surface area contributed by atoms with Crippen LogP contribution in [-0.4, -0.2) is 289 Å². The van der Waals surface area contributed by atoms with E-state index in [-0.39, 0.29) is 88.5 Å². The number of carboxylic acids is 2. The van der Waals surface area contributed by atoms with E-state index in [2.05, 4.69) is 69.1 Å². The van der Waals surface area contributed by atoms with Crippen molar-refractivity contribution in [1.82, 2.24) is 74.0 Å². The van der Waals surface area contributed by atoms with Crippen LogP contribution in [0.5, 0.6) is 0 Å². The zero-order chi connectivity index (χ0) is 86.4. The number of unbranched alkanes of at least 4 members (excludes halogenated alkanes) is 1. The number of hydrogen-bond acceptors (Lipinski definition) is 25. The third-order valence-corrected chi connectivity index (χ3v) is 18.7. The molecule has 1 aliphatic rings. The second-order valence-electron chi connectivity index (χ2n) is 29.1. The maximum Gasteiger partial charge on any atom is 0.326 e. The normalized spacial score (nSPS) is 16.9. The maximum atomic E-state index is 14.5. The van der Waals surface area contributed by atoms with Gasteiger partial charge in [-0.2, -0.15) is 11.8 Å². The molecule has 642 valence electrons. The molecular formula is C72H119N17O24S. The predicted octanol–water partition coefficient (Wildman–Crippen LogP) is -7.55. The van der Waals surface area contributed by atoms with Crippen LogP contribution in [0.1, 0.15) is 145 Å². The number of nitrogens with zero attached hydrogens (tertiary/aromatic N) is 1. The molecule has 26 N–H and O–H groups in total. The molecule has 42 heteroatoms. The molecule has 2 rings (SSSR count). The highest BCUT2D eigenvalue weighted by atomic mass is 32.2. The second kappa shape index (κ2) is 51.2. The van der Waals surface area contributed by atoms with Gasteiger partial charge in [-0.15, -0.1) is 0 Å². The quantitative estimate of drug-likeness (QED) is 0.0269. The van der Waals surface area contributed by atoms with Crippen LogP contribution >= 0.6 is 11.8 Å². The topological polar surface area (TPSA) is 669 Å². The van der Waals surface area contributed by atoms with Crippen molar-refractivity contribution < 1.29 is 117 Å². The molecule has 15 amide bonds. The van der Waals surface area contributed by atoms with E-state index in [9.17, 15) is 117 Å². The lowest BCUT2D eigenvalue weighted by molar-refractivity contribution is -0.145. The third kappa shape index (κ3) is 34.9. The Labute approximate surface area is 665 Å². The minimum atomic E-state index is -2.00. The van der Waals surface area contributed by atoms with E-state index < -0.39 is 255 Å². The molecular weight excluding hydrogens is 1520 g/mol.